The molecule has 1 unspecified atom stereocenters. The van der Waals surface area contributed by atoms with E-state index in [1.165, 1.54) is 12.8 Å². The van der Waals surface area contributed by atoms with Gasteiger partial charge in [0.25, 0.3) is 0 Å². The molecule has 0 bridgehead atoms. The Morgan fingerprint density at radius 1 is 1.47 bits per heavy atom. The molecule has 0 aromatic heterocycles. The number of amides is 1. The van der Waals surface area contributed by atoms with Crippen molar-refractivity contribution in [2.24, 2.45) is 5.73 Å². The summed E-state index contributed by atoms with van der Waals surface area (Å²) >= 11 is 0. The highest BCUT2D eigenvalue weighted by molar-refractivity contribution is 5.93. The molecule has 1 heterocycles. The van der Waals surface area contributed by atoms with Crippen LogP contribution in [0.2, 0.25) is 0 Å². The van der Waals surface area contributed by atoms with Crippen LogP contribution >= 0.6 is 0 Å². The number of nitrogens with two attached hydrogens (primary N) is 1. The fraction of sp³-hybridized carbons (Fsp3) is 0.500. The zero-order valence-electron chi connectivity index (χ0n) is 11.1. The molecule has 3 N–H and O–H groups in total. The number of hydrogen-bond acceptors (Lipinski definition) is 4. The minimum Gasteiger partial charge on any atom is -0.493 e. The number of methoxy groups -OCH3 is 1. The summed E-state index contributed by atoms with van der Waals surface area (Å²) in [6.45, 7) is 1.73. The molecule has 19 heavy (non-hydrogen) atoms. The van der Waals surface area contributed by atoms with E-state index in [-0.39, 0.29) is 0 Å². The normalized spacial score (nSPS) is 18.3. The lowest BCUT2D eigenvalue weighted by Crippen LogP contribution is -2.23. The van der Waals surface area contributed by atoms with Crippen molar-refractivity contribution >= 4 is 5.91 Å². The molecule has 1 atom stereocenters. The minimum atomic E-state index is -0.472. The Morgan fingerprint density at radius 2 is 2.32 bits per heavy atom. The topological polar surface area (TPSA) is 73.6 Å². The molecule has 1 aromatic carbocycles. The van der Waals surface area contributed by atoms with E-state index in [2.05, 4.69) is 5.32 Å². The van der Waals surface area contributed by atoms with Gasteiger partial charge in [0.15, 0.2) is 11.5 Å². The van der Waals surface area contributed by atoms with Gasteiger partial charge in [-0.15, -0.1) is 0 Å². The molecule has 104 valence electrons. The van der Waals surface area contributed by atoms with E-state index >= 15 is 0 Å². The number of nitrogens with one attached hydrogen (secondary N) is 1. The Bertz CT molecular complexity index is 442. The van der Waals surface area contributed by atoms with Gasteiger partial charge >= 0.3 is 0 Å². The third-order valence-corrected chi connectivity index (χ3v) is 3.33. The Kier molecular flexibility index (Phi) is 4.63. The van der Waals surface area contributed by atoms with E-state index in [1.807, 2.05) is 0 Å². The maximum atomic E-state index is 11.1. The van der Waals surface area contributed by atoms with E-state index in [0.29, 0.717) is 29.7 Å². The van der Waals surface area contributed by atoms with Gasteiger partial charge in [0.2, 0.25) is 5.91 Å². The summed E-state index contributed by atoms with van der Waals surface area (Å²) in [5.74, 6) is 0.709. The van der Waals surface area contributed by atoms with Crippen LogP contribution in [0.3, 0.4) is 0 Å². The summed E-state index contributed by atoms with van der Waals surface area (Å²) in [5.41, 5.74) is 5.64. The summed E-state index contributed by atoms with van der Waals surface area (Å²) in [4.78, 5) is 11.1. The van der Waals surface area contributed by atoms with Crippen molar-refractivity contribution in [3.05, 3.63) is 23.8 Å². The molecule has 0 radical (unpaired) electrons. The second-order valence-corrected chi connectivity index (χ2v) is 4.66. The maximum Gasteiger partial charge on any atom is 0.248 e. The van der Waals surface area contributed by atoms with Gasteiger partial charge in [-0.3, -0.25) is 4.79 Å². The number of ether oxygens (including phenoxy) is 2. The van der Waals surface area contributed by atoms with Crippen molar-refractivity contribution < 1.29 is 14.3 Å². The molecule has 1 aliphatic heterocycles. The molecule has 1 amide bonds. The van der Waals surface area contributed by atoms with Gasteiger partial charge in [0.1, 0.15) is 0 Å². The Balaban J connectivity index is 1.93. The Hall–Kier alpha value is -1.75. The maximum absolute atomic E-state index is 11.1. The largest absolute Gasteiger partial charge is 0.493 e. The minimum absolute atomic E-state index is 0.418. The van der Waals surface area contributed by atoms with E-state index in [0.717, 1.165) is 13.0 Å². The van der Waals surface area contributed by atoms with E-state index in [4.69, 9.17) is 15.2 Å². The van der Waals surface area contributed by atoms with E-state index in [1.54, 1.807) is 25.3 Å². The first-order valence-electron chi connectivity index (χ1n) is 6.54. The van der Waals surface area contributed by atoms with Crippen molar-refractivity contribution in [3.63, 3.8) is 0 Å². The quantitative estimate of drug-likeness (QED) is 0.812. The first kappa shape index (κ1) is 13.7. The predicted octanol–water partition coefficient (Wildman–Crippen LogP) is 1.31. The first-order chi connectivity index (χ1) is 9.20. The second kappa shape index (κ2) is 6.43. The van der Waals surface area contributed by atoms with Crippen LogP contribution in [0.4, 0.5) is 0 Å². The van der Waals surface area contributed by atoms with Crippen LogP contribution in [0.15, 0.2) is 18.2 Å². The smallest absolute Gasteiger partial charge is 0.248 e. The SMILES string of the molecule is COc1cc(C(N)=O)ccc1OCCC1CCCN1. The monoisotopic (exact) mass is 264 g/mol. The van der Waals surface area contributed by atoms with Crippen molar-refractivity contribution in [2.45, 2.75) is 25.3 Å². The molecule has 1 saturated heterocycles. The van der Waals surface area contributed by atoms with Crippen molar-refractivity contribution in [1.82, 2.24) is 5.32 Å². The van der Waals surface area contributed by atoms with Crippen molar-refractivity contribution in [1.29, 1.82) is 0 Å². The zero-order chi connectivity index (χ0) is 13.7. The van der Waals surface area contributed by atoms with Crippen LogP contribution < -0.4 is 20.5 Å². The van der Waals surface area contributed by atoms with Gasteiger partial charge in [0, 0.05) is 11.6 Å². The average molecular weight is 264 g/mol. The second-order valence-electron chi connectivity index (χ2n) is 4.66. The standard InChI is InChI=1S/C14H20N2O3/c1-18-13-9-10(14(15)17)4-5-12(13)19-8-6-11-3-2-7-16-11/h4-5,9,11,16H,2-3,6-8H2,1H3,(H2,15,17). The number of benzene rings is 1. The highest BCUT2D eigenvalue weighted by Gasteiger charge is 2.14. The van der Waals surface area contributed by atoms with Gasteiger partial charge in [-0.05, 0) is 44.0 Å². The molecule has 0 spiro atoms. The lowest BCUT2D eigenvalue weighted by molar-refractivity contribution is 0.1000. The lowest BCUT2D eigenvalue weighted by Gasteiger charge is -2.14. The molecule has 0 saturated carbocycles. The Labute approximate surface area is 113 Å². The summed E-state index contributed by atoms with van der Waals surface area (Å²) < 4.78 is 10.9. The summed E-state index contributed by atoms with van der Waals surface area (Å²) in [6.07, 6.45) is 3.42. The number of hydrogen-bond donors (Lipinski definition) is 2. The van der Waals surface area contributed by atoms with Crippen LogP contribution in [-0.2, 0) is 0 Å². The van der Waals surface area contributed by atoms with E-state index < -0.39 is 5.91 Å². The lowest BCUT2D eigenvalue weighted by atomic mass is 10.1. The van der Waals surface area contributed by atoms with Crippen LogP contribution in [0.5, 0.6) is 11.5 Å². The van der Waals surface area contributed by atoms with Gasteiger partial charge in [-0.1, -0.05) is 0 Å². The first-order valence-corrected chi connectivity index (χ1v) is 6.54. The van der Waals surface area contributed by atoms with Gasteiger partial charge in [-0.25, -0.2) is 0 Å². The highest BCUT2D eigenvalue weighted by atomic mass is 16.5. The van der Waals surface area contributed by atoms with Crippen LogP contribution in [0, 0.1) is 0 Å². The number of rotatable bonds is 6. The van der Waals surface area contributed by atoms with Gasteiger partial charge < -0.3 is 20.5 Å². The van der Waals surface area contributed by atoms with Crippen molar-refractivity contribution in [2.75, 3.05) is 20.3 Å². The summed E-state index contributed by atoms with van der Waals surface area (Å²) in [5, 5.41) is 3.42. The third-order valence-electron chi connectivity index (χ3n) is 3.33. The zero-order valence-corrected chi connectivity index (χ0v) is 11.1. The van der Waals surface area contributed by atoms with Gasteiger partial charge in [-0.2, -0.15) is 0 Å². The summed E-state index contributed by atoms with van der Waals surface area (Å²) in [6, 6.07) is 5.52. The summed E-state index contributed by atoms with van der Waals surface area (Å²) in [7, 11) is 1.55. The average Bonchev–Trinajstić information content (AvgIpc) is 2.92. The molecule has 5 nitrogen and oxygen atoms in total. The molecule has 5 heteroatoms. The molecular formula is C14H20N2O3. The van der Waals surface area contributed by atoms with E-state index in [9.17, 15) is 4.79 Å². The molecule has 2 rings (SSSR count). The van der Waals surface area contributed by atoms with Crippen LogP contribution in [0.1, 0.15) is 29.6 Å². The predicted molar refractivity (Wildman–Crippen MR) is 72.6 cm³/mol. The number of carbonyl (C=O) groups is 1. The molecular weight excluding hydrogens is 244 g/mol. The van der Waals surface area contributed by atoms with Crippen molar-refractivity contribution in [3.8, 4) is 11.5 Å². The Morgan fingerprint density at radius 3 is 2.95 bits per heavy atom. The van der Waals surface area contributed by atoms with Gasteiger partial charge in [0.05, 0.1) is 13.7 Å². The number of carbonyl (C=O) groups excluding carboxylic acids is 1. The number of primary amides is 1. The molecule has 0 aliphatic carbocycles. The van der Waals surface area contributed by atoms with Crippen LogP contribution in [-0.4, -0.2) is 32.2 Å². The molecule has 1 aliphatic rings. The fourth-order valence-electron chi connectivity index (χ4n) is 2.25. The molecule has 1 aromatic rings. The third kappa shape index (κ3) is 3.61. The highest BCUT2D eigenvalue weighted by Crippen LogP contribution is 2.28. The molecule has 1 fully saturated rings. The van der Waals surface area contributed by atoms with Crippen LogP contribution in [0.25, 0.3) is 0 Å². The fourth-order valence-corrected chi connectivity index (χ4v) is 2.25.